The van der Waals surface area contributed by atoms with Crippen molar-refractivity contribution in [2.24, 2.45) is 0 Å². The smallest absolute Gasteiger partial charge is 0.261 e. The first-order chi connectivity index (χ1) is 16.9. The van der Waals surface area contributed by atoms with Gasteiger partial charge in [0.15, 0.2) is 4.73 Å². The van der Waals surface area contributed by atoms with E-state index in [0.29, 0.717) is 27.1 Å². The SMILES string of the molecule is Nc1c(Br)c[nH]c(=O)c1-c1nc2c(Cc3cccc(CCCO)c3)cc(-n3ccnc3Br)cc2[nH]1. The summed E-state index contributed by atoms with van der Waals surface area (Å²) in [6.45, 7) is 0.167. The number of aromatic nitrogens is 5. The zero-order chi connectivity index (χ0) is 24.5. The van der Waals surface area contributed by atoms with Crippen LogP contribution in [0.15, 0.2) is 69.0 Å². The van der Waals surface area contributed by atoms with Crippen molar-refractivity contribution in [2.75, 3.05) is 12.3 Å². The van der Waals surface area contributed by atoms with E-state index in [1.165, 1.54) is 11.8 Å². The van der Waals surface area contributed by atoms with Gasteiger partial charge in [-0.2, -0.15) is 0 Å². The Bertz CT molecular complexity index is 1590. The van der Waals surface area contributed by atoms with Crippen LogP contribution in [0.4, 0.5) is 5.69 Å². The second-order valence-electron chi connectivity index (χ2n) is 8.23. The fraction of sp³-hybridized carbons (Fsp3) is 0.160. The lowest BCUT2D eigenvalue weighted by Crippen LogP contribution is -2.12. The van der Waals surface area contributed by atoms with Gasteiger partial charge < -0.3 is 20.8 Å². The number of rotatable bonds is 7. The Morgan fingerprint density at radius 3 is 2.74 bits per heavy atom. The number of aromatic amines is 2. The molecule has 35 heavy (non-hydrogen) atoms. The molecular formula is C25H22Br2N6O2. The van der Waals surface area contributed by atoms with Gasteiger partial charge in [-0.05, 0) is 79.9 Å². The van der Waals surface area contributed by atoms with Crippen LogP contribution in [0.5, 0.6) is 0 Å². The molecule has 10 heteroatoms. The first-order valence-electron chi connectivity index (χ1n) is 11.0. The Morgan fingerprint density at radius 2 is 1.97 bits per heavy atom. The predicted molar refractivity (Wildman–Crippen MR) is 144 cm³/mol. The van der Waals surface area contributed by atoms with Crippen molar-refractivity contribution in [3.8, 4) is 17.1 Å². The van der Waals surface area contributed by atoms with Crippen molar-refractivity contribution in [1.82, 2.24) is 24.5 Å². The average molecular weight is 598 g/mol. The molecule has 2 aromatic carbocycles. The Labute approximate surface area is 217 Å². The number of nitrogens with zero attached hydrogens (tertiary/aromatic N) is 3. The highest BCUT2D eigenvalue weighted by atomic mass is 79.9. The number of pyridine rings is 1. The van der Waals surface area contributed by atoms with Crippen LogP contribution in [0.1, 0.15) is 23.1 Å². The monoisotopic (exact) mass is 596 g/mol. The molecule has 0 atom stereocenters. The molecule has 3 heterocycles. The molecule has 0 fully saturated rings. The summed E-state index contributed by atoms with van der Waals surface area (Å²) in [5.41, 5.74) is 12.3. The van der Waals surface area contributed by atoms with Crippen LogP contribution in [0, 0.1) is 0 Å². The van der Waals surface area contributed by atoms with Crippen molar-refractivity contribution < 1.29 is 5.11 Å². The first kappa shape index (κ1) is 23.5. The quantitative estimate of drug-likeness (QED) is 0.216. The van der Waals surface area contributed by atoms with Gasteiger partial charge in [0.05, 0.1) is 26.9 Å². The number of anilines is 1. The molecule has 0 radical (unpaired) electrons. The third-order valence-corrected chi connectivity index (χ3v) is 7.10. The van der Waals surface area contributed by atoms with Crippen molar-refractivity contribution in [3.63, 3.8) is 0 Å². The number of imidazole rings is 2. The highest BCUT2D eigenvalue weighted by Gasteiger charge is 2.18. The van der Waals surface area contributed by atoms with E-state index in [-0.39, 0.29) is 17.7 Å². The van der Waals surface area contributed by atoms with Gasteiger partial charge in [0.1, 0.15) is 11.4 Å². The van der Waals surface area contributed by atoms with E-state index >= 15 is 0 Å². The minimum atomic E-state index is -0.319. The second-order valence-corrected chi connectivity index (χ2v) is 9.79. The molecule has 5 aromatic rings. The van der Waals surface area contributed by atoms with Crippen LogP contribution in [0.25, 0.3) is 28.1 Å². The zero-order valence-corrected chi connectivity index (χ0v) is 21.7. The summed E-state index contributed by atoms with van der Waals surface area (Å²) >= 11 is 6.88. The number of benzene rings is 2. The van der Waals surface area contributed by atoms with Gasteiger partial charge in [0.25, 0.3) is 5.56 Å². The zero-order valence-electron chi connectivity index (χ0n) is 18.6. The molecule has 5 rings (SSSR count). The average Bonchev–Trinajstić information content (AvgIpc) is 3.47. The molecule has 5 N–H and O–H groups in total. The Kier molecular flexibility index (Phi) is 6.59. The van der Waals surface area contributed by atoms with Crippen LogP contribution in [0.3, 0.4) is 0 Å². The summed E-state index contributed by atoms with van der Waals surface area (Å²) in [5, 5.41) is 9.19. The van der Waals surface area contributed by atoms with E-state index in [9.17, 15) is 9.90 Å². The normalized spacial score (nSPS) is 11.4. The number of hydrogen-bond donors (Lipinski definition) is 4. The van der Waals surface area contributed by atoms with Crippen LogP contribution in [0.2, 0.25) is 0 Å². The lowest BCUT2D eigenvalue weighted by Gasteiger charge is -2.10. The summed E-state index contributed by atoms with van der Waals surface area (Å²) in [7, 11) is 0. The molecular weight excluding hydrogens is 576 g/mol. The maximum atomic E-state index is 12.6. The summed E-state index contributed by atoms with van der Waals surface area (Å²) < 4.78 is 3.21. The third kappa shape index (κ3) is 4.69. The lowest BCUT2D eigenvalue weighted by molar-refractivity contribution is 0.288. The number of nitrogen functional groups attached to an aromatic ring is 1. The van der Waals surface area contributed by atoms with Gasteiger partial charge in [0, 0.05) is 25.2 Å². The second kappa shape index (κ2) is 9.80. The number of aryl methyl sites for hydroxylation is 1. The molecule has 0 aliphatic heterocycles. The number of nitrogens with one attached hydrogen (secondary N) is 2. The number of nitrogens with two attached hydrogens (primary N) is 1. The predicted octanol–water partition coefficient (Wildman–Crippen LogP) is 4.73. The number of fused-ring (bicyclic) bond motifs is 1. The molecule has 0 bridgehead atoms. The molecule has 0 spiro atoms. The number of halogens is 2. The van der Waals surface area contributed by atoms with E-state index in [4.69, 9.17) is 10.7 Å². The number of aliphatic hydroxyl groups excluding tert-OH is 1. The van der Waals surface area contributed by atoms with Crippen LogP contribution in [-0.2, 0) is 12.8 Å². The first-order valence-corrected chi connectivity index (χ1v) is 12.6. The number of hydrogen-bond acceptors (Lipinski definition) is 5. The van der Waals surface area contributed by atoms with Gasteiger partial charge in [-0.1, -0.05) is 24.3 Å². The van der Waals surface area contributed by atoms with E-state index in [0.717, 1.165) is 40.7 Å². The van der Waals surface area contributed by atoms with E-state index in [1.807, 2.05) is 22.9 Å². The van der Waals surface area contributed by atoms with Crippen molar-refractivity contribution in [1.29, 1.82) is 0 Å². The van der Waals surface area contributed by atoms with Crippen molar-refractivity contribution in [2.45, 2.75) is 19.3 Å². The van der Waals surface area contributed by atoms with Gasteiger partial charge in [0.2, 0.25) is 0 Å². The Balaban J connectivity index is 1.66. The maximum absolute atomic E-state index is 12.6. The Hall–Kier alpha value is -3.21. The topological polar surface area (TPSA) is 126 Å². The van der Waals surface area contributed by atoms with Crippen LogP contribution in [-0.4, -0.2) is 36.2 Å². The van der Waals surface area contributed by atoms with Gasteiger partial charge in [-0.15, -0.1) is 0 Å². The molecule has 8 nitrogen and oxygen atoms in total. The minimum Gasteiger partial charge on any atom is -0.397 e. The van der Waals surface area contributed by atoms with Gasteiger partial charge in [-0.25, -0.2) is 9.97 Å². The molecule has 0 saturated carbocycles. The van der Waals surface area contributed by atoms with E-state index < -0.39 is 0 Å². The molecule has 0 aliphatic rings. The lowest BCUT2D eigenvalue weighted by atomic mass is 9.99. The summed E-state index contributed by atoms with van der Waals surface area (Å²) in [4.78, 5) is 27.7. The van der Waals surface area contributed by atoms with Crippen molar-refractivity contribution in [3.05, 3.63) is 91.2 Å². The molecule has 178 valence electrons. The summed E-state index contributed by atoms with van der Waals surface area (Å²) in [5.74, 6) is 0.403. The molecule has 0 amide bonds. The standard InChI is InChI=1S/C25H22Br2N6O2/c26-18-13-30-24(35)20(21(18)28)23-31-19-12-17(33-7-6-29-25(33)27)11-16(22(19)32-23)10-15-4-1-3-14(9-15)5-2-8-34/h1,3-4,6-7,9,11-13,34H,2,5,8,10H2,(H,31,32)(H3,28,30,35). The molecule has 0 aliphatic carbocycles. The third-order valence-electron chi connectivity index (χ3n) is 5.85. The van der Waals surface area contributed by atoms with E-state index in [2.05, 4.69) is 71.1 Å². The molecule has 0 saturated heterocycles. The highest BCUT2D eigenvalue weighted by molar-refractivity contribution is 9.10. The summed E-state index contributed by atoms with van der Waals surface area (Å²) in [6, 6.07) is 12.4. The van der Waals surface area contributed by atoms with Crippen LogP contribution >= 0.6 is 31.9 Å². The van der Waals surface area contributed by atoms with E-state index in [1.54, 1.807) is 6.20 Å². The molecule has 3 aromatic heterocycles. The van der Waals surface area contributed by atoms with Gasteiger partial charge >= 0.3 is 0 Å². The fourth-order valence-electron chi connectivity index (χ4n) is 4.20. The maximum Gasteiger partial charge on any atom is 0.261 e. The minimum absolute atomic E-state index is 0.167. The Morgan fingerprint density at radius 1 is 1.14 bits per heavy atom. The molecule has 0 unspecified atom stereocenters. The van der Waals surface area contributed by atoms with Crippen LogP contribution < -0.4 is 11.3 Å². The highest BCUT2D eigenvalue weighted by Crippen LogP contribution is 2.31. The summed E-state index contributed by atoms with van der Waals surface area (Å²) in [6.07, 6.45) is 7.30. The van der Waals surface area contributed by atoms with Gasteiger partial charge in [-0.3, -0.25) is 9.36 Å². The number of H-pyrrole nitrogens is 2. The van der Waals surface area contributed by atoms with Crippen molar-refractivity contribution >= 4 is 48.6 Å². The largest absolute Gasteiger partial charge is 0.397 e. The number of aliphatic hydroxyl groups is 1. The fourth-order valence-corrected chi connectivity index (χ4v) is 4.95.